The van der Waals surface area contributed by atoms with Crippen LogP contribution in [0.4, 0.5) is 5.69 Å². The lowest BCUT2D eigenvalue weighted by Gasteiger charge is -2.38. The lowest BCUT2D eigenvalue weighted by molar-refractivity contribution is -0.384. The number of non-ortho nitro benzene ring substituents is 1. The molecule has 0 fully saturated rings. The first-order chi connectivity index (χ1) is 11.8. The summed E-state index contributed by atoms with van der Waals surface area (Å²) in [5, 5.41) is 14.7. The predicted molar refractivity (Wildman–Crippen MR) is 97.8 cm³/mol. The molecule has 0 aliphatic carbocycles. The van der Waals surface area contributed by atoms with E-state index in [-0.39, 0.29) is 5.69 Å². The van der Waals surface area contributed by atoms with Crippen LogP contribution in [0.5, 0.6) is 0 Å². The lowest BCUT2D eigenvalue weighted by Crippen LogP contribution is -2.48. The zero-order chi connectivity index (χ0) is 18.7. The van der Waals surface area contributed by atoms with E-state index in [2.05, 4.69) is 19.2 Å². The number of methoxy groups -OCH3 is 1. The zero-order valence-corrected chi connectivity index (χ0v) is 15.4. The van der Waals surface area contributed by atoms with E-state index in [9.17, 15) is 14.9 Å². The topological polar surface area (TPSA) is 84.7 Å². The number of nitro benzene ring substituents is 1. The number of nitrogens with one attached hydrogen (secondary N) is 1. The number of carbonyl (C=O) groups excluding carboxylic acids is 1. The highest BCUT2D eigenvalue weighted by Gasteiger charge is 2.35. The van der Waals surface area contributed by atoms with Gasteiger partial charge in [0, 0.05) is 24.4 Å². The predicted octanol–water partition coefficient (Wildman–Crippen LogP) is 2.93. The molecule has 1 aromatic rings. The minimum absolute atomic E-state index is 0.0447. The first-order valence-electron chi connectivity index (χ1n) is 7.87. The van der Waals surface area contributed by atoms with Gasteiger partial charge in [-0.3, -0.25) is 10.1 Å². The molecule has 0 aromatic heterocycles. The Morgan fingerprint density at radius 3 is 2.72 bits per heavy atom. The Morgan fingerprint density at radius 1 is 1.48 bits per heavy atom. The number of nitrogens with zero attached hydrogens (tertiary/aromatic N) is 2. The monoisotopic (exact) mass is 363 g/mol. The van der Waals surface area contributed by atoms with E-state index in [4.69, 9.17) is 17.0 Å². The highest BCUT2D eigenvalue weighted by atomic mass is 32.1. The van der Waals surface area contributed by atoms with E-state index >= 15 is 0 Å². The number of hydrogen-bond donors (Lipinski definition) is 1. The molecule has 1 aromatic carbocycles. The number of allylic oxidation sites excluding steroid dienone is 1. The SMILES string of the molecule is COC(=O)C1=C(C)N(CC(C)C)C(=S)N[C@@H]1c1cccc([N+](=O)[O-])c1. The Kier molecular flexibility index (Phi) is 5.73. The molecule has 2 rings (SSSR count). The average molecular weight is 363 g/mol. The van der Waals surface area contributed by atoms with E-state index in [1.54, 1.807) is 12.1 Å². The van der Waals surface area contributed by atoms with Crippen molar-refractivity contribution in [1.29, 1.82) is 0 Å². The summed E-state index contributed by atoms with van der Waals surface area (Å²) in [4.78, 5) is 24.8. The molecule has 0 saturated carbocycles. The van der Waals surface area contributed by atoms with Gasteiger partial charge in [-0.1, -0.05) is 26.0 Å². The van der Waals surface area contributed by atoms with Crippen molar-refractivity contribution < 1.29 is 14.5 Å². The summed E-state index contributed by atoms with van der Waals surface area (Å²) in [5.74, 6) is -0.152. The van der Waals surface area contributed by atoms with Crippen molar-refractivity contribution in [1.82, 2.24) is 10.2 Å². The third-order valence-corrected chi connectivity index (χ3v) is 4.30. The van der Waals surface area contributed by atoms with Gasteiger partial charge in [0.15, 0.2) is 5.11 Å². The third kappa shape index (κ3) is 3.96. The summed E-state index contributed by atoms with van der Waals surface area (Å²) in [6, 6.07) is 5.56. The Morgan fingerprint density at radius 2 is 2.16 bits per heavy atom. The van der Waals surface area contributed by atoms with Gasteiger partial charge in [-0.25, -0.2) is 4.79 Å². The molecule has 0 unspecified atom stereocenters. The Hall–Kier alpha value is -2.48. The molecule has 0 amide bonds. The van der Waals surface area contributed by atoms with Crippen LogP contribution in [0, 0.1) is 16.0 Å². The van der Waals surface area contributed by atoms with Crippen molar-refractivity contribution in [2.24, 2.45) is 5.92 Å². The van der Waals surface area contributed by atoms with Crippen molar-refractivity contribution in [3.05, 3.63) is 51.2 Å². The number of hydrogen-bond acceptors (Lipinski definition) is 5. The van der Waals surface area contributed by atoms with E-state index in [1.807, 2.05) is 11.8 Å². The second-order valence-electron chi connectivity index (χ2n) is 6.23. The van der Waals surface area contributed by atoms with Gasteiger partial charge in [0.05, 0.1) is 23.6 Å². The van der Waals surface area contributed by atoms with Crippen molar-refractivity contribution in [2.75, 3.05) is 13.7 Å². The number of rotatable bonds is 5. The maximum absolute atomic E-state index is 12.4. The normalized spacial score (nSPS) is 17.6. The second kappa shape index (κ2) is 7.60. The van der Waals surface area contributed by atoms with Crippen LogP contribution in [0.1, 0.15) is 32.4 Å². The maximum Gasteiger partial charge on any atom is 0.337 e. The maximum atomic E-state index is 12.4. The van der Waals surface area contributed by atoms with Gasteiger partial charge in [0.25, 0.3) is 5.69 Å². The van der Waals surface area contributed by atoms with Gasteiger partial charge in [0.2, 0.25) is 0 Å². The van der Waals surface area contributed by atoms with Crippen molar-refractivity contribution in [2.45, 2.75) is 26.8 Å². The number of benzene rings is 1. The third-order valence-electron chi connectivity index (χ3n) is 3.96. The summed E-state index contributed by atoms with van der Waals surface area (Å²) in [7, 11) is 1.31. The van der Waals surface area contributed by atoms with Crippen LogP contribution in [0.25, 0.3) is 0 Å². The number of thiocarbonyl (C=S) groups is 1. The molecule has 0 bridgehead atoms. The summed E-state index contributed by atoms with van der Waals surface area (Å²) in [5.41, 5.74) is 1.63. The molecule has 1 heterocycles. The van der Waals surface area contributed by atoms with E-state index in [1.165, 1.54) is 19.2 Å². The van der Waals surface area contributed by atoms with Crippen LogP contribution in [-0.2, 0) is 9.53 Å². The van der Waals surface area contributed by atoms with Crippen LogP contribution in [0.3, 0.4) is 0 Å². The fraction of sp³-hybridized carbons (Fsp3) is 0.412. The van der Waals surface area contributed by atoms with Crippen LogP contribution >= 0.6 is 12.2 Å². The molecule has 1 atom stereocenters. The first kappa shape index (κ1) is 18.9. The average Bonchev–Trinajstić information content (AvgIpc) is 2.57. The summed E-state index contributed by atoms with van der Waals surface area (Å²) >= 11 is 5.45. The molecular formula is C17H21N3O4S. The molecule has 8 heteroatoms. The summed E-state index contributed by atoms with van der Waals surface area (Å²) in [6.07, 6.45) is 0. The second-order valence-corrected chi connectivity index (χ2v) is 6.62. The molecule has 1 N–H and O–H groups in total. The largest absolute Gasteiger partial charge is 0.466 e. The van der Waals surface area contributed by atoms with E-state index in [0.29, 0.717) is 34.4 Å². The zero-order valence-electron chi connectivity index (χ0n) is 14.6. The quantitative estimate of drug-likeness (QED) is 0.373. The number of nitro groups is 1. The summed E-state index contributed by atoms with van der Waals surface area (Å²) < 4.78 is 4.94. The highest BCUT2D eigenvalue weighted by molar-refractivity contribution is 7.80. The van der Waals surface area contributed by atoms with Gasteiger partial charge in [-0.05, 0) is 30.6 Å². The van der Waals surface area contributed by atoms with Gasteiger partial charge in [-0.2, -0.15) is 0 Å². The Bertz CT molecular complexity index is 745. The van der Waals surface area contributed by atoms with Gasteiger partial charge < -0.3 is 15.0 Å². The molecule has 7 nitrogen and oxygen atoms in total. The minimum atomic E-state index is -0.594. The standard InChI is InChI=1S/C17H21N3O4S/c1-10(2)9-19-11(3)14(16(21)24-4)15(18-17(19)25)12-6-5-7-13(8-12)20(22)23/h5-8,10,15H,9H2,1-4H3,(H,18,25)/t15-/m1/s1. The van der Waals surface area contributed by atoms with Gasteiger partial charge in [0.1, 0.15) is 0 Å². The molecule has 1 aliphatic heterocycles. The van der Waals surface area contributed by atoms with Crippen LogP contribution in [0.2, 0.25) is 0 Å². The van der Waals surface area contributed by atoms with Crippen LogP contribution in [-0.4, -0.2) is 34.6 Å². The first-order valence-corrected chi connectivity index (χ1v) is 8.28. The smallest absolute Gasteiger partial charge is 0.337 e. The molecule has 1 aliphatic rings. The van der Waals surface area contributed by atoms with Gasteiger partial charge in [-0.15, -0.1) is 0 Å². The van der Waals surface area contributed by atoms with E-state index < -0.39 is 16.9 Å². The number of ether oxygens (including phenoxy) is 1. The van der Waals surface area contributed by atoms with Gasteiger partial charge >= 0.3 is 5.97 Å². The Labute approximate surface area is 151 Å². The van der Waals surface area contributed by atoms with Crippen molar-refractivity contribution in [3.8, 4) is 0 Å². The highest BCUT2D eigenvalue weighted by Crippen LogP contribution is 2.33. The lowest BCUT2D eigenvalue weighted by atomic mass is 9.94. The van der Waals surface area contributed by atoms with Crippen molar-refractivity contribution in [3.63, 3.8) is 0 Å². The molecule has 0 spiro atoms. The fourth-order valence-corrected chi connectivity index (χ4v) is 3.14. The van der Waals surface area contributed by atoms with Crippen LogP contribution in [0.15, 0.2) is 35.5 Å². The van der Waals surface area contributed by atoms with Crippen LogP contribution < -0.4 is 5.32 Å². The molecule has 0 saturated heterocycles. The minimum Gasteiger partial charge on any atom is -0.466 e. The molecule has 25 heavy (non-hydrogen) atoms. The Balaban J connectivity index is 2.55. The van der Waals surface area contributed by atoms with Crippen molar-refractivity contribution >= 4 is 29.0 Å². The molecule has 0 radical (unpaired) electrons. The van der Waals surface area contributed by atoms with E-state index in [0.717, 1.165) is 0 Å². The molecular weight excluding hydrogens is 342 g/mol. The number of esters is 1. The summed E-state index contributed by atoms with van der Waals surface area (Å²) in [6.45, 7) is 6.58. The fourth-order valence-electron chi connectivity index (χ4n) is 2.81. The number of carbonyl (C=O) groups is 1. The molecule has 134 valence electrons.